The quantitative estimate of drug-likeness (QED) is 0.888. The SMILES string of the molecule is CC(C)Cn1cc(-c2cncnc2)cc(N)c1=O. The molecule has 0 saturated carbocycles. The molecule has 5 heteroatoms. The van der Waals surface area contributed by atoms with Gasteiger partial charge >= 0.3 is 0 Å². The molecule has 2 N–H and O–H groups in total. The summed E-state index contributed by atoms with van der Waals surface area (Å²) in [6.07, 6.45) is 6.67. The molecular weight excluding hydrogens is 228 g/mol. The summed E-state index contributed by atoms with van der Waals surface area (Å²) in [5.74, 6) is 0.379. The minimum absolute atomic E-state index is 0.149. The van der Waals surface area contributed by atoms with Crippen LogP contribution < -0.4 is 11.3 Å². The van der Waals surface area contributed by atoms with E-state index in [1.807, 2.05) is 0 Å². The number of hydrogen-bond donors (Lipinski definition) is 1. The van der Waals surface area contributed by atoms with Gasteiger partial charge in [-0.1, -0.05) is 13.8 Å². The maximum Gasteiger partial charge on any atom is 0.273 e. The molecule has 0 spiro atoms. The Labute approximate surface area is 105 Å². The average molecular weight is 244 g/mol. The molecule has 94 valence electrons. The van der Waals surface area contributed by atoms with Crippen LogP contribution in [0.3, 0.4) is 0 Å². The molecular formula is C13H16N4O. The number of anilines is 1. The van der Waals surface area contributed by atoms with Crippen molar-refractivity contribution in [2.24, 2.45) is 5.92 Å². The van der Waals surface area contributed by atoms with Crippen molar-refractivity contribution in [1.29, 1.82) is 0 Å². The molecule has 0 bridgehead atoms. The molecule has 0 aliphatic carbocycles. The monoisotopic (exact) mass is 244 g/mol. The maximum absolute atomic E-state index is 11.9. The Morgan fingerprint density at radius 1 is 1.28 bits per heavy atom. The normalized spacial score (nSPS) is 10.8. The Kier molecular flexibility index (Phi) is 3.41. The van der Waals surface area contributed by atoms with Crippen molar-refractivity contribution in [1.82, 2.24) is 14.5 Å². The van der Waals surface area contributed by atoms with E-state index >= 15 is 0 Å². The lowest BCUT2D eigenvalue weighted by Crippen LogP contribution is -2.24. The van der Waals surface area contributed by atoms with E-state index in [1.54, 1.807) is 29.2 Å². The van der Waals surface area contributed by atoms with Gasteiger partial charge in [0.05, 0.1) is 5.69 Å². The van der Waals surface area contributed by atoms with E-state index in [4.69, 9.17) is 5.73 Å². The van der Waals surface area contributed by atoms with Gasteiger partial charge in [-0.15, -0.1) is 0 Å². The minimum Gasteiger partial charge on any atom is -0.394 e. The van der Waals surface area contributed by atoms with Crippen LogP contribution in [0.1, 0.15) is 13.8 Å². The van der Waals surface area contributed by atoms with E-state index in [0.29, 0.717) is 12.5 Å². The molecule has 2 aromatic rings. The summed E-state index contributed by atoms with van der Waals surface area (Å²) in [5, 5.41) is 0. The topological polar surface area (TPSA) is 73.8 Å². The van der Waals surface area contributed by atoms with E-state index in [1.165, 1.54) is 6.33 Å². The van der Waals surface area contributed by atoms with Crippen LogP contribution in [0, 0.1) is 5.92 Å². The fourth-order valence-corrected chi connectivity index (χ4v) is 1.79. The van der Waals surface area contributed by atoms with Crippen molar-refractivity contribution in [2.45, 2.75) is 20.4 Å². The summed E-state index contributed by atoms with van der Waals surface area (Å²) in [7, 11) is 0. The molecule has 0 saturated heterocycles. The van der Waals surface area contributed by atoms with Gasteiger partial charge in [0.1, 0.15) is 6.33 Å². The predicted octanol–water partition coefficient (Wildman–Crippen LogP) is 1.54. The number of rotatable bonds is 3. The van der Waals surface area contributed by atoms with Crippen LogP contribution in [0.15, 0.2) is 35.8 Å². The van der Waals surface area contributed by atoms with Crippen molar-refractivity contribution in [3.05, 3.63) is 41.3 Å². The molecule has 0 radical (unpaired) electrons. The zero-order valence-electron chi connectivity index (χ0n) is 10.5. The Morgan fingerprint density at radius 2 is 1.94 bits per heavy atom. The molecule has 2 rings (SSSR count). The van der Waals surface area contributed by atoms with Gasteiger partial charge in [-0.2, -0.15) is 0 Å². The van der Waals surface area contributed by atoms with Crippen molar-refractivity contribution >= 4 is 5.69 Å². The minimum atomic E-state index is -0.149. The highest BCUT2D eigenvalue weighted by Crippen LogP contribution is 2.17. The van der Waals surface area contributed by atoms with Gasteiger partial charge in [0.15, 0.2) is 0 Å². The first-order chi connectivity index (χ1) is 8.58. The number of nitrogens with zero attached hydrogens (tertiary/aromatic N) is 3. The van der Waals surface area contributed by atoms with Gasteiger partial charge in [0.25, 0.3) is 5.56 Å². The molecule has 2 aromatic heterocycles. The molecule has 0 aliphatic rings. The van der Waals surface area contributed by atoms with Crippen LogP contribution in [-0.4, -0.2) is 14.5 Å². The summed E-state index contributed by atoms with van der Waals surface area (Å²) in [6, 6.07) is 1.66. The molecule has 0 amide bonds. The number of hydrogen-bond acceptors (Lipinski definition) is 4. The Morgan fingerprint density at radius 3 is 2.56 bits per heavy atom. The molecule has 2 heterocycles. The van der Waals surface area contributed by atoms with Gasteiger partial charge in [-0.3, -0.25) is 4.79 Å². The van der Waals surface area contributed by atoms with Crippen LogP contribution >= 0.6 is 0 Å². The highest BCUT2D eigenvalue weighted by Gasteiger charge is 2.07. The molecule has 0 aliphatic heterocycles. The third-order valence-corrected chi connectivity index (χ3v) is 2.57. The first-order valence-electron chi connectivity index (χ1n) is 5.83. The second-order valence-electron chi connectivity index (χ2n) is 4.66. The first-order valence-corrected chi connectivity index (χ1v) is 5.83. The van der Waals surface area contributed by atoms with Crippen LogP contribution in [0.5, 0.6) is 0 Å². The Hall–Kier alpha value is -2.17. The first kappa shape index (κ1) is 12.3. The molecule has 0 unspecified atom stereocenters. The van der Waals surface area contributed by atoms with Gasteiger partial charge < -0.3 is 10.3 Å². The van der Waals surface area contributed by atoms with Crippen LogP contribution in [0.2, 0.25) is 0 Å². The van der Waals surface area contributed by atoms with Crippen LogP contribution in [0.25, 0.3) is 11.1 Å². The van der Waals surface area contributed by atoms with E-state index < -0.39 is 0 Å². The zero-order chi connectivity index (χ0) is 13.1. The molecule has 0 atom stereocenters. The third kappa shape index (κ3) is 2.56. The third-order valence-electron chi connectivity index (χ3n) is 2.57. The van der Waals surface area contributed by atoms with E-state index in [9.17, 15) is 4.79 Å². The van der Waals surface area contributed by atoms with Gasteiger partial charge in [-0.25, -0.2) is 9.97 Å². The summed E-state index contributed by atoms with van der Waals surface area (Å²) in [6.45, 7) is 4.76. The molecule has 5 nitrogen and oxygen atoms in total. The maximum atomic E-state index is 11.9. The average Bonchev–Trinajstić information content (AvgIpc) is 2.35. The Bertz CT molecular complexity index is 590. The molecule has 0 aromatic carbocycles. The summed E-state index contributed by atoms with van der Waals surface area (Å²) in [5.41, 5.74) is 7.56. The fourth-order valence-electron chi connectivity index (χ4n) is 1.79. The van der Waals surface area contributed by atoms with Gasteiger partial charge in [0, 0.05) is 36.3 Å². The predicted molar refractivity (Wildman–Crippen MR) is 71.0 cm³/mol. The summed E-state index contributed by atoms with van der Waals surface area (Å²) >= 11 is 0. The largest absolute Gasteiger partial charge is 0.394 e. The van der Waals surface area contributed by atoms with Crippen molar-refractivity contribution < 1.29 is 0 Å². The smallest absolute Gasteiger partial charge is 0.273 e. The Balaban J connectivity index is 2.51. The highest BCUT2D eigenvalue weighted by atomic mass is 16.1. The molecule has 0 fully saturated rings. The van der Waals surface area contributed by atoms with Gasteiger partial charge in [-0.05, 0) is 12.0 Å². The van der Waals surface area contributed by atoms with E-state index in [0.717, 1.165) is 11.1 Å². The lowest BCUT2D eigenvalue weighted by Gasteiger charge is -2.11. The second-order valence-corrected chi connectivity index (χ2v) is 4.66. The lowest BCUT2D eigenvalue weighted by molar-refractivity contribution is 0.512. The number of pyridine rings is 1. The van der Waals surface area contributed by atoms with Crippen LogP contribution in [0.4, 0.5) is 5.69 Å². The van der Waals surface area contributed by atoms with Gasteiger partial charge in [0.2, 0.25) is 0 Å². The summed E-state index contributed by atoms with van der Waals surface area (Å²) in [4.78, 5) is 19.8. The number of nitrogen functional groups attached to an aromatic ring is 1. The second kappa shape index (κ2) is 5.00. The molecule has 18 heavy (non-hydrogen) atoms. The lowest BCUT2D eigenvalue weighted by atomic mass is 10.1. The van der Waals surface area contributed by atoms with Crippen molar-refractivity contribution in [2.75, 3.05) is 5.73 Å². The highest BCUT2D eigenvalue weighted by molar-refractivity contribution is 5.64. The van der Waals surface area contributed by atoms with E-state index in [-0.39, 0.29) is 11.2 Å². The summed E-state index contributed by atoms with van der Waals surface area (Å²) < 4.78 is 1.64. The zero-order valence-corrected chi connectivity index (χ0v) is 10.5. The van der Waals surface area contributed by atoms with Crippen molar-refractivity contribution in [3.63, 3.8) is 0 Å². The number of aromatic nitrogens is 3. The standard InChI is InChI=1S/C13H16N4O/c1-9(2)6-17-7-10(3-12(14)13(17)18)11-4-15-8-16-5-11/h3-5,7-9H,6,14H2,1-2H3. The number of nitrogens with two attached hydrogens (primary N) is 1. The van der Waals surface area contributed by atoms with Crippen LogP contribution in [-0.2, 0) is 6.54 Å². The van der Waals surface area contributed by atoms with Crippen molar-refractivity contribution in [3.8, 4) is 11.1 Å². The van der Waals surface area contributed by atoms with E-state index in [2.05, 4.69) is 23.8 Å². The fraction of sp³-hybridized carbons (Fsp3) is 0.308.